The van der Waals surface area contributed by atoms with E-state index in [1.54, 1.807) is 0 Å². The van der Waals surface area contributed by atoms with E-state index < -0.39 is 22.0 Å². The fourth-order valence-corrected chi connectivity index (χ4v) is 0. The minimum absolute atomic E-state index is 0. The Bertz CT molecular complexity index is 156. The molecule has 9 heteroatoms. The first-order chi connectivity index (χ1) is 3.41. The SMILES string of the molecule is O=S(=O)(O)O.O=S=O.[H-].[Na+]. The van der Waals surface area contributed by atoms with Gasteiger partial charge in [-0.1, -0.05) is 0 Å². The monoisotopic (exact) mass is 186 g/mol. The Morgan fingerprint density at radius 1 is 1.22 bits per heavy atom. The van der Waals surface area contributed by atoms with Crippen molar-refractivity contribution in [1.29, 1.82) is 0 Å². The molecule has 0 aliphatic carbocycles. The van der Waals surface area contributed by atoms with Crippen molar-refractivity contribution in [3.63, 3.8) is 0 Å². The molecule has 0 aliphatic heterocycles. The van der Waals surface area contributed by atoms with Gasteiger partial charge in [0, 0.05) is 0 Å². The predicted molar refractivity (Wildman–Crippen MR) is 24.2 cm³/mol. The Kier molecular flexibility index (Phi) is 15.8. The average Bonchev–Trinajstić information content (AvgIpc) is 1.27. The molecule has 6 nitrogen and oxygen atoms in total. The molecule has 0 radical (unpaired) electrons. The summed E-state index contributed by atoms with van der Waals surface area (Å²) in [5.41, 5.74) is 0. The summed E-state index contributed by atoms with van der Waals surface area (Å²) in [5, 5.41) is 0. The Hall–Kier alpha value is 0.690. The second-order valence-electron chi connectivity index (χ2n) is 0.516. The van der Waals surface area contributed by atoms with Crippen molar-refractivity contribution in [2.45, 2.75) is 0 Å². The van der Waals surface area contributed by atoms with Crippen molar-refractivity contribution in [2.75, 3.05) is 0 Å². The fraction of sp³-hybridized carbons (Fsp3) is 0. The molecule has 0 atom stereocenters. The van der Waals surface area contributed by atoms with Crippen LogP contribution in [-0.4, -0.2) is 25.9 Å². The van der Waals surface area contributed by atoms with Gasteiger partial charge in [-0.3, -0.25) is 9.11 Å². The molecule has 0 amide bonds. The summed E-state index contributed by atoms with van der Waals surface area (Å²) in [6.45, 7) is 0. The topological polar surface area (TPSA) is 109 Å². The van der Waals surface area contributed by atoms with E-state index in [2.05, 4.69) is 0 Å². The quantitative estimate of drug-likeness (QED) is 0.293. The normalized spacial score (nSPS) is 7.78. The average molecular weight is 186 g/mol. The van der Waals surface area contributed by atoms with E-state index in [1.807, 2.05) is 0 Å². The Morgan fingerprint density at radius 2 is 1.22 bits per heavy atom. The Labute approximate surface area is 78.6 Å². The van der Waals surface area contributed by atoms with Gasteiger partial charge < -0.3 is 1.43 Å². The van der Waals surface area contributed by atoms with E-state index in [-0.39, 0.29) is 31.0 Å². The van der Waals surface area contributed by atoms with E-state index in [0.29, 0.717) is 0 Å². The van der Waals surface area contributed by atoms with Gasteiger partial charge in [0.2, 0.25) is 0 Å². The maximum atomic E-state index is 8.74. The first-order valence-corrected chi connectivity index (χ1v) is 3.10. The third kappa shape index (κ3) is 817. The molecule has 0 unspecified atom stereocenters. The van der Waals surface area contributed by atoms with E-state index in [9.17, 15) is 0 Å². The molecular formula is H3NaO6S2. The van der Waals surface area contributed by atoms with Crippen LogP contribution in [0.4, 0.5) is 0 Å². The number of hydrogen-bond acceptors (Lipinski definition) is 4. The largest absolute Gasteiger partial charge is 1.00 e. The third-order valence-electron chi connectivity index (χ3n) is 0. The van der Waals surface area contributed by atoms with E-state index >= 15 is 0 Å². The smallest absolute Gasteiger partial charge is 1.00 e. The molecule has 0 aromatic rings. The summed E-state index contributed by atoms with van der Waals surface area (Å²) >= 11 is -0.750. The van der Waals surface area contributed by atoms with Crippen molar-refractivity contribution >= 4 is 22.0 Å². The van der Waals surface area contributed by atoms with Crippen LogP contribution >= 0.6 is 0 Å². The first-order valence-electron chi connectivity index (χ1n) is 1.03. The van der Waals surface area contributed by atoms with Crippen LogP contribution in [0.1, 0.15) is 1.43 Å². The maximum Gasteiger partial charge on any atom is 1.00 e. The molecule has 52 valence electrons. The summed E-state index contributed by atoms with van der Waals surface area (Å²) in [6, 6.07) is 0. The molecule has 0 spiro atoms. The maximum absolute atomic E-state index is 8.74. The second kappa shape index (κ2) is 8.69. The van der Waals surface area contributed by atoms with Gasteiger partial charge >= 0.3 is 51.5 Å². The van der Waals surface area contributed by atoms with Gasteiger partial charge in [0.05, 0.1) is 0 Å². The zero-order chi connectivity index (χ0) is 7.21. The predicted octanol–water partition coefficient (Wildman–Crippen LogP) is -4.21. The summed E-state index contributed by atoms with van der Waals surface area (Å²) in [5.74, 6) is 0. The minimum Gasteiger partial charge on any atom is -1.00 e. The molecule has 0 fully saturated rings. The molecule has 0 heterocycles. The Morgan fingerprint density at radius 3 is 1.22 bits per heavy atom. The zero-order valence-corrected chi connectivity index (χ0v) is 7.98. The molecule has 0 aromatic heterocycles. The summed E-state index contributed by atoms with van der Waals surface area (Å²) < 4.78 is 48.2. The van der Waals surface area contributed by atoms with Crippen LogP contribution in [0.25, 0.3) is 0 Å². The third-order valence-corrected chi connectivity index (χ3v) is 0. The molecule has 0 aliphatic rings. The molecule has 9 heavy (non-hydrogen) atoms. The van der Waals surface area contributed by atoms with Crippen LogP contribution < -0.4 is 29.6 Å². The summed E-state index contributed by atoms with van der Waals surface area (Å²) in [7, 11) is -4.67. The van der Waals surface area contributed by atoms with Crippen LogP contribution in [0.2, 0.25) is 0 Å². The summed E-state index contributed by atoms with van der Waals surface area (Å²) in [4.78, 5) is 0. The molecule has 0 saturated carbocycles. The van der Waals surface area contributed by atoms with Crippen LogP contribution in [0.5, 0.6) is 0 Å². The first kappa shape index (κ1) is 16.3. The summed E-state index contributed by atoms with van der Waals surface area (Å²) in [6.07, 6.45) is 0. The number of hydrogen-bond donors (Lipinski definition) is 2. The van der Waals surface area contributed by atoms with Crippen LogP contribution in [-0.2, 0) is 22.0 Å². The van der Waals surface area contributed by atoms with E-state index in [0.717, 1.165) is 0 Å². The van der Waals surface area contributed by atoms with Crippen molar-refractivity contribution in [3.8, 4) is 0 Å². The molecular weight excluding hydrogens is 183 g/mol. The molecule has 0 rings (SSSR count). The van der Waals surface area contributed by atoms with Gasteiger partial charge in [0.15, 0.2) is 0 Å². The van der Waals surface area contributed by atoms with Crippen LogP contribution in [0.3, 0.4) is 0 Å². The number of rotatable bonds is 0. The van der Waals surface area contributed by atoms with Gasteiger partial charge in [0.1, 0.15) is 0 Å². The van der Waals surface area contributed by atoms with Crippen molar-refractivity contribution in [2.24, 2.45) is 0 Å². The van der Waals surface area contributed by atoms with Gasteiger partial charge in [-0.05, 0) is 0 Å². The van der Waals surface area contributed by atoms with Gasteiger partial charge in [0.25, 0.3) is 0 Å². The van der Waals surface area contributed by atoms with E-state index in [1.165, 1.54) is 0 Å². The standard InChI is InChI=1S/Na.H2O4S.O2S.H/c;1-5(2,3)4;1-3-2;/h;(H2,1,2,3,4);;/q+1;;;-1. The van der Waals surface area contributed by atoms with Gasteiger partial charge in [-0.2, -0.15) is 16.8 Å². The van der Waals surface area contributed by atoms with Crippen LogP contribution in [0.15, 0.2) is 0 Å². The minimum atomic E-state index is -4.67. The van der Waals surface area contributed by atoms with Crippen molar-refractivity contribution in [1.82, 2.24) is 0 Å². The molecule has 0 bridgehead atoms. The van der Waals surface area contributed by atoms with Gasteiger partial charge in [-0.25, -0.2) is 0 Å². The molecule has 2 N–H and O–H groups in total. The van der Waals surface area contributed by atoms with Crippen molar-refractivity contribution in [3.05, 3.63) is 0 Å². The van der Waals surface area contributed by atoms with Gasteiger partial charge in [-0.15, -0.1) is 0 Å². The second-order valence-corrected chi connectivity index (χ2v) is 1.55. The van der Waals surface area contributed by atoms with Crippen LogP contribution in [0, 0.1) is 0 Å². The molecule has 0 saturated heterocycles. The zero-order valence-electron chi connectivity index (χ0n) is 5.34. The Balaban J connectivity index is -0.0000000326. The molecule has 0 aromatic carbocycles. The fourth-order valence-electron chi connectivity index (χ4n) is 0. The van der Waals surface area contributed by atoms with E-state index in [4.69, 9.17) is 25.9 Å². The van der Waals surface area contributed by atoms with Crippen molar-refractivity contribution < 1.29 is 56.9 Å².